The zero-order valence-electron chi connectivity index (χ0n) is 19.2. The number of halogens is 2. The SMILES string of the molecule is CCn1c(=O)c(-c2ccc(F)cc2)c(-c2ccnc(Oc3cccc(F)c3)n2)n1C1CCNCC1. The molecule has 0 saturated carbocycles. The van der Waals surface area contributed by atoms with Crippen molar-refractivity contribution in [2.75, 3.05) is 13.1 Å². The Morgan fingerprint density at radius 3 is 2.54 bits per heavy atom. The van der Waals surface area contributed by atoms with E-state index in [4.69, 9.17) is 4.74 Å². The third kappa shape index (κ3) is 4.59. The standard InChI is InChI=1S/C26H25F2N5O2/c1-2-32-25(34)23(17-6-8-18(27)9-7-17)24(33(32)20-10-13-29-14-11-20)22-12-15-30-26(31-22)35-21-5-3-4-19(28)16-21/h3-9,12,15-16,20,29H,2,10-11,13-14H2,1H3. The Bertz CT molecular complexity index is 1390. The van der Waals surface area contributed by atoms with Crippen LogP contribution in [0.4, 0.5) is 8.78 Å². The lowest BCUT2D eigenvalue weighted by Gasteiger charge is -2.28. The summed E-state index contributed by atoms with van der Waals surface area (Å²) in [6, 6.07) is 13.5. The summed E-state index contributed by atoms with van der Waals surface area (Å²) < 4.78 is 36.8. The molecule has 3 heterocycles. The largest absolute Gasteiger partial charge is 0.424 e. The lowest BCUT2D eigenvalue weighted by atomic mass is 10.0. The van der Waals surface area contributed by atoms with Gasteiger partial charge in [-0.1, -0.05) is 18.2 Å². The average Bonchev–Trinajstić information content (AvgIpc) is 3.17. The number of nitrogens with one attached hydrogen (secondary N) is 1. The van der Waals surface area contributed by atoms with Gasteiger partial charge in [0.25, 0.3) is 5.56 Å². The fraction of sp³-hybridized carbons (Fsp3) is 0.269. The highest BCUT2D eigenvalue weighted by atomic mass is 19.1. The van der Waals surface area contributed by atoms with Crippen LogP contribution >= 0.6 is 0 Å². The van der Waals surface area contributed by atoms with Crippen molar-refractivity contribution in [1.82, 2.24) is 24.6 Å². The smallest absolute Gasteiger partial charge is 0.322 e. The molecule has 0 bridgehead atoms. The Balaban J connectivity index is 1.69. The first-order chi connectivity index (χ1) is 17.0. The summed E-state index contributed by atoms with van der Waals surface area (Å²) in [5.74, 6) is -0.545. The molecule has 7 nitrogen and oxygen atoms in total. The minimum atomic E-state index is -0.433. The number of hydrogen-bond donors (Lipinski definition) is 1. The number of benzene rings is 2. The van der Waals surface area contributed by atoms with Crippen LogP contribution in [-0.2, 0) is 6.54 Å². The van der Waals surface area contributed by atoms with Gasteiger partial charge in [0, 0.05) is 18.8 Å². The van der Waals surface area contributed by atoms with E-state index >= 15 is 0 Å². The van der Waals surface area contributed by atoms with Gasteiger partial charge in [-0.2, -0.15) is 4.98 Å². The van der Waals surface area contributed by atoms with Crippen molar-refractivity contribution in [2.24, 2.45) is 0 Å². The summed E-state index contributed by atoms with van der Waals surface area (Å²) in [6.45, 7) is 4.07. The summed E-state index contributed by atoms with van der Waals surface area (Å²) in [5.41, 5.74) is 2.00. The van der Waals surface area contributed by atoms with Crippen molar-refractivity contribution in [1.29, 1.82) is 0 Å². The predicted molar refractivity (Wildman–Crippen MR) is 128 cm³/mol. The van der Waals surface area contributed by atoms with Gasteiger partial charge in [-0.3, -0.25) is 9.48 Å². The molecule has 2 aromatic carbocycles. The minimum absolute atomic E-state index is 0.0340. The van der Waals surface area contributed by atoms with Crippen LogP contribution in [0.25, 0.3) is 22.5 Å². The summed E-state index contributed by atoms with van der Waals surface area (Å²) in [6.07, 6.45) is 3.25. The number of ether oxygens (including phenoxy) is 1. The molecule has 0 aliphatic carbocycles. The minimum Gasteiger partial charge on any atom is -0.424 e. The molecule has 4 aromatic rings. The lowest BCUT2D eigenvalue weighted by molar-refractivity contribution is 0.302. The monoisotopic (exact) mass is 477 g/mol. The summed E-state index contributed by atoms with van der Waals surface area (Å²) in [4.78, 5) is 22.5. The first kappa shape index (κ1) is 22.9. The zero-order valence-corrected chi connectivity index (χ0v) is 19.2. The van der Waals surface area contributed by atoms with Gasteiger partial charge in [0.2, 0.25) is 0 Å². The molecule has 0 atom stereocenters. The van der Waals surface area contributed by atoms with Crippen LogP contribution in [0.2, 0.25) is 0 Å². The maximum absolute atomic E-state index is 13.7. The van der Waals surface area contributed by atoms with Crippen LogP contribution in [0.3, 0.4) is 0 Å². The molecule has 1 aliphatic rings. The maximum Gasteiger partial charge on any atom is 0.322 e. The number of rotatable bonds is 6. The highest BCUT2D eigenvalue weighted by molar-refractivity contribution is 5.79. The van der Waals surface area contributed by atoms with Gasteiger partial charge in [0.15, 0.2) is 0 Å². The highest BCUT2D eigenvalue weighted by Gasteiger charge is 2.28. The Morgan fingerprint density at radius 2 is 1.83 bits per heavy atom. The van der Waals surface area contributed by atoms with E-state index in [1.165, 1.54) is 30.3 Å². The number of nitrogens with zero attached hydrogens (tertiary/aromatic N) is 4. The second-order valence-electron chi connectivity index (χ2n) is 8.36. The second-order valence-corrected chi connectivity index (χ2v) is 8.36. The van der Waals surface area contributed by atoms with Crippen LogP contribution in [0, 0.1) is 11.6 Å². The predicted octanol–water partition coefficient (Wildman–Crippen LogP) is 4.79. The van der Waals surface area contributed by atoms with Crippen molar-refractivity contribution in [3.05, 3.63) is 82.8 Å². The van der Waals surface area contributed by atoms with E-state index in [1.807, 2.05) is 11.6 Å². The highest BCUT2D eigenvalue weighted by Crippen LogP contribution is 2.34. The van der Waals surface area contributed by atoms with E-state index in [0.29, 0.717) is 29.1 Å². The number of aromatic nitrogens is 4. The van der Waals surface area contributed by atoms with Gasteiger partial charge in [-0.05, 0) is 68.8 Å². The van der Waals surface area contributed by atoms with E-state index in [9.17, 15) is 13.6 Å². The van der Waals surface area contributed by atoms with Crippen LogP contribution in [0.5, 0.6) is 11.8 Å². The molecule has 1 fully saturated rings. The van der Waals surface area contributed by atoms with E-state index < -0.39 is 5.82 Å². The fourth-order valence-corrected chi connectivity index (χ4v) is 4.57. The van der Waals surface area contributed by atoms with E-state index in [1.54, 1.807) is 35.1 Å². The van der Waals surface area contributed by atoms with Gasteiger partial charge < -0.3 is 10.1 Å². The lowest BCUT2D eigenvalue weighted by Crippen LogP contribution is -2.34. The molecule has 9 heteroatoms. The van der Waals surface area contributed by atoms with E-state index in [2.05, 4.69) is 15.3 Å². The first-order valence-electron chi connectivity index (χ1n) is 11.6. The van der Waals surface area contributed by atoms with Crippen molar-refractivity contribution in [3.63, 3.8) is 0 Å². The molecule has 0 unspecified atom stereocenters. The van der Waals surface area contributed by atoms with Gasteiger partial charge in [-0.25, -0.2) is 18.4 Å². The Morgan fingerprint density at radius 1 is 1.06 bits per heavy atom. The van der Waals surface area contributed by atoms with Crippen LogP contribution in [0.1, 0.15) is 25.8 Å². The normalized spacial score (nSPS) is 14.3. The van der Waals surface area contributed by atoms with Gasteiger partial charge in [-0.15, -0.1) is 0 Å². The second kappa shape index (κ2) is 9.79. The molecule has 1 N–H and O–H groups in total. The van der Waals surface area contributed by atoms with Crippen molar-refractivity contribution >= 4 is 0 Å². The third-order valence-corrected chi connectivity index (χ3v) is 6.14. The molecular formula is C26H25F2N5O2. The molecule has 1 saturated heterocycles. The fourth-order valence-electron chi connectivity index (χ4n) is 4.57. The molecule has 2 aromatic heterocycles. The molecule has 1 aliphatic heterocycles. The van der Waals surface area contributed by atoms with E-state index in [-0.39, 0.29) is 29.2 Å². The topological polar surface area (TPSA) is 74.0 Å². The molecule has 180 valence electrons. The van der Waals surface area contributed by atoms with Crippen LogP contribution < -0.4 is 15.6 Å². The quantitative estimate of drug-likeness (QED) is 0.432. The van der Waals surface area contributed by atoms with Crippen molar-refractivity contribution in [2.45, 2.75) is 32.4 Å². The Labute approximate surface area is 201 Å². The number of piperidine rings is 1. The molecule has 0 amide bonds. The first-order valence-corrected chi connectivity index (χ1v) is 11.6. The molecule has 0 radical (unpaired) electrons. The number of hydrogen-bond acceptors (Lipinski definition) is 5. The van der Waals surface area contributed by atoms with Gasteiger partial charge >= 0.3 is 6.01 Å². The third-order valence-electron chi connectivity index (χ3n) is 6.14. The summed E-state index contributed by atoms with van der Waals surface area (Å²) in [5, 5.41) is 3.36. The molecule has 0 spiro atoms. The Hall–Kier alpha value is -3.85. The van der Waals surface area contributed by atoms with Gasteiger partial charge in [0.05, 0.1) is 23.0 Å². The van der Waals surface area contributed by atoms with Crippen molar-refractivity contribution in [3.8, 4) is 34.3 Å². The van der Waals surface area contributed by atoms with Crippen molar-refractivity contribution < 1.29 is 13.5 Å². The Kier molecular flexibility index (Phi) is 6.41. The van der Waals surface area contributed by atoms with Gasteiger partial charge in [0.1, 0.15) is 17.4 Å². The summed E-state index contributed by atoms with van der Waals surface area (Å²) in [7, 11) is 0. The maximum atomic E-state index is 13.7. The molecule has 5 rings (SSSR count). The van der Waals surface area contributed by atoms with Crippen LogP contribution in [-0.4, -0.2) is 32.4 Å². The summed E-state index contributed by atoms with van der Waals surface area (Å²) >= 11 is 0. The van der Waals surface area contributed by atoms with Crippen LogP contribution in [0.15, 0.2) is 65.6 Å². The zero-order chi connectivity index (χ0) is 24.4. The molecular weight excluding hydrogens is 452 g/mol. The molecule has 35 heavy (non-hydrogen) atoms. The average molecular weight is 478 g/mol. The van der Waals surface area contributed by atoms with E-state index in [0.717, 1.165) is 25.9 Å².